The monoisotopic (exact) mass is 298 g/mol. The number of carbonyl (C=O) groups excluding carboxylic acids is 2. The van der Waals surface area contributed by atoms with Gasteiger partial charge in [-0.1, -0.05) is 18.5 Å². The zero-order valence-electron chi connectivity index (χ0n) is 11.6. The van der Waals surface area contributed by atoms with E-state index >= 15 is 0 Å². The molecule has 1 aromatic rings. The summed E-state index contributed by atoms with van der Waals surface area (Å²) >= 11 is 5.72. The highest BCUT2D eigenvalue weighted by Crippen LogP contribution is 2.11. The number of nitrogens with two attached hydrogens (primary N) is 1. The second kappa shape index (κ2) is 7.69. The second-order valence-electron chi connectivity index (χ2n) is 4.49. The smallest absolute Gasteiger partial charge is 0.251 e. The number of hydrogen-bond acceptors (Lipinski definition) is 4. The van der Waals surface area contributed by atoms with E-state index in [4.69, 9.17) is 17.3 Å². The van der Waals surface area contributed by atoms with Crippen molar-refractivity contribution in [3.63, 3.8) is 0 Å². The summed E-state index contributed by atoms with van der Waals surface area (Å²) in [6.07, 6.45) is 1.09. The van der Waals surface area contributed by atoms with Gasteiger partial charge in [0.15, 0.2) is 0 Å². The molecule has 4 N–H and O–H groups in total. The zero-order valence-corrected chi connectivity index (χ0v) is 12.3. The summed E-state index contributed by atoms with van der Waals surface area (Å²) in [6, 6.07) is 2.99. The summed E-state index contributed by atoms with van der Waals surface area (Å²) in [4.78, 5) is 27.1. The van der Waals surface area contributed by atoms with E-state index in [-0.39, 0.29) is 41.8 Å². The quantitative estimate of drug-likeness (QED) is 0.691. The van der Waals surface area contributed by atoms with Crippen molar-refractivity contribution in [2.45, 2.75) is 32.7 Å². The molecule has 20 heavy (non-hydrogen) atoms. The van der Waals surface area contributed by atoms with Crippen LogP contribution in [0.2, 0.25) is 5.15 Å². The van der Waals surface area contributed by atoms with Crippen LogP contribution >= 0.6 is 11.6 Å². The number of nitrogens with one attached hydrogen (secondary N) is 2. The SMILES string of the molecule is CCC(C)NC(=O)CCNC(=O)c1cc(N)nc(Cl)c1. The second-order valence-corrected chi connectivity index (χ2v) is 4.87. The molecule has 0 aliphatic heterocycles. The molecule has 1 rings (SSSR count). The molecule has 0 radical (unpaired) electrons. The van der Waals surface area contributed by atoms with Gasteiger partial charge < -0.3 is 16.4 Å². The summed E-state index contributed by atoms with van der Waals surface area (Å²) < 4.78 is 0. The van der Waals surface area contributed by atoms with Gasteiger partial charge in [0.25, 0.3) is 5.91 Å². The molecule has 1 heterocycles. The number of amides is 2. The molecule has 1 atom stereocenters. The third kappa shape index (κ3) is 5.44. The summed E-state index contributed by atoms with van der Waals surface area (Å²) in [5, 5.41) is 5.61. The Kier molecular flexibility index (Phi) is 6.24. The molecule has 0 aliphatic carbocycles. The normalized spacial score (nSPS) is 11.8. The Balaban J connectivity index is 2.42. The van der Waals surface area contributed by atoms with Crippen molar-refractivity contribution >= 4 is 29.2 Å². The van der Waals surface area contributed by atoms with E-state index in [1.165, 1.54) is 12.1 Å². The number of aromatic nitrogens is 1. The van der Waals surface area contributed by atoms with Crippen molar-refractivity contribution in [2.75, 3.05) is 12.3 Å². The van der Waals surface area contributed by atoms with Gasteiger partial charge in [0.05, 0.1) is 0 Å². The molecule has 7 heteroatoms. The van der Waals surface area contributed by atoms with Gasteiger partial charge in [0.1, 0.15) is 11.0 Å². The fourth-order valence-corrected chi connectivity index (χ4v) is 1.70. The topological polar surface area (TPSA) is 97.1 Å². The molecule has 1 unspecified atom stereocenters. The molecule has 0 saturated carbocycles. The van der Waals surface area contributed by atoms with Crippen LogP contribution in [-0.4, -0.2) is 29.4 Å². The van der Waals surface area contributed by atoms with Crippen LogP contribution in [0, 0.1) is 0 Å². The maximum atomic E-state index is 11.8. The lowest BCUT2D eigenvalue weighted by Gasteiger charge is -2.11. The lowest BCUT2D eigenvalue weighted by molar-refractivity contribution is -0.121. The highest BCUT2D eigenvalue weighted by Gasteiger charge is 2.09. The number of pyridine rings is 1. The number of rotatable bonds is 6. The largest absolute Gasteiger partial charge is 0.384 e. The van der Waals surface area contributed by atoms with Gasteiger partial charge in [0, 0.05) is 24.6 Å². The van der Waals surface area contributed by atoms with E-state index in [1.807, 2.05) is 13.8 Å². The van der Waals surface area contributed by atoms with Crippen molar-refractivity contribution in [1.29, 1.82) is 0 Å². The van der Waals surface area contributed by atoms with Gasteiger partial charge in [-0.25, -0.2) is 4.98 Å². The lowest BCUT2D eigenvalue weighted by atomic mass is 10.2. The molecular formula is C13H19ClN4O2. The Hall–Kier alpha value is -1.82. The van der Waals surface area contributed by atoms with Crippen LogP contribution in [0.5, 0.6) is 0 Å². The maximum Gasteiger partial charge on any atom is 0.251 e. The number of hydrogen-bond donors (Lipinski definition) is 3. The molecule has 0 spiro atoms. The van der Waals surface area contributed by atoms with Crippen LogP contribution in [0.15, 0.2) is 12.1 Å². The number of halogens is 1. The Morgan fingerprint density at radius 1 is 1.45 bits per heavy atom. The first kappa shape index (κ1) is 16.2. The van der Waals surface area contributed by atoms with Gasteiger partial charge >= 0.3 is 0 Å². The van der Waals surface area contributed by atoms with Crippen LogP contribution in [0.4, 0.5) is 5.82 Å². The first-order valence-corrected chi connectivity index (χ1v) is 6.80. The van der Waals surface area contributed by atoms with E-state index < -0.39 is 0 Å². The molecule has 110 valence electrons. The minimum atomic E-state index is -0.336. The summed E-state index contributed by atoms with van der Waals surface area (Å²) in [7, 11) is 0. The van der Waals surface area contributed by atoms with Gasteiger partial charge in [-0.2, -0.15) is 0 Å². The molecular weight excluding hydrogens is 280 g/mol. The first-order chi connectivity index (χ1) is 9.42. The van der Waals surface area contributed by atoms with Gasteiger partial charge in [-0.3, -0.25) is 9.59 Å². The predicted molar refractivity (Wildman–Crippen MR) is 78.5 cm³/mol. The minimum absolute atomic E-state index is 0.0908. The fraction of sp³-hybridized carbons (Fsp3) is 0.462. The number of nitrogens with zero attached hydrogens (tertiary/aromatic N) is 1. The number of anilines is 1. The first-order valence-electron chi connectivity index (χ1n) is 6.43. The fourth-order valence-electron chi connectivity index (χ4n) is 1.49. The average Bonchev–Trinajstić information content (AvgIpc) is 2.37. The molecule has 1 aromatic heterocycles. The van der Waals surface area contributed by atoms with Gasteiger partial charge in [-0.15, -0.1) is 0 Å². The van der Waals surface area contributed by atoms with E-state index in [9.17, 15) is 9.59 Å². The third-order valence-corrected chi connectivity index (χ3v) is 2.93. The van der Waals surface area contributed by atoms with Crippen molar-refractivity contribution in [3.05, 3.63) is 22.8 Å². The highest BCUT2D eigenvalue weighted by molar-refractivity contribution is 6.29. The highest BCUT2D eigenvalue weighted by atomic mass is 35.5. The average molecular weight is 299 g/mol. The van der Waals surface area contributed by atoms with Crippen LogP contribution < -0.4 is 16.4 Å². The Labute approximate surface area is 123 Å². The number of carbonyl (C=O) groups is 2. The van der Waals surface area contributed by atoms with Crippen molar-refractivity contribution in [1.82, 2.24) is 15.6 Å². The van der Waals surface area contributed by atoms with Gasteiger partial charge in [-0.05, 0) is 25.5 Å². The van der Waals surface area contributed by atoms with E-state index in [2.05, 4.69) is 15.6 Å². The van der Waals surface area contributed by atoms with Crippen LogP contribution in [-0.2, 0) is 4.79 Å². The zero-order chi connectivity index (χ0) is 15.1. The van der Waals surface area contributed by atoms with Crippen LogP contribution in [0.1, 0.15) is 37.0 Å². The van der Waals surface area contributed by atoms with E-state index in [1.54, 1.807) is 0 Å². The van der Waals surface area contributed by atoms with E-state index in [0.29, 0.717) is 5.56 Å². The Morgan fingerprint density at radius 3 is 2.75 bits per heavy atom. The van der Waals surface area contributed by atoms with Crippen molar-refractivity contribution in [3.8, 4) is 0 Å². The van der Waals surface area contributed by atoms with Crippen LogP contribution in [0.3, 0.4) is 0 Å². The Morgan fingerprint density at radius 2 is 2.15 bits per heavy atom. The summed E-state index contributed by atoms with van der Waals surface area (Å²) in [5.41, 5.74) is 5.83. The molecule has 0 aromatic carbocycles. The third-order valence-electron chi connectivity index (χ3n) is 2.73. The van der Waals surface area contributed by atoms with Crippen molar-refractivity contribution < 1.29 is 9.59 Å². The molecule has 0 fully saturated rings. The molecule has 0 aliphatic rings. The maximum absolute atomic E-state index is 11.8. The molecule has 6 nitrogen and oxygen atoms in total. The molecule has 2 amide bonds. The Bertz CT molecular complexity index is 473. The number of nitrogen functional groups attached to an aromatic ring is 1. The predicted octanol–water partition coefficient (Wildman–Crippen LogP) is 1.35. The lowest BCUT2D eigenvalue weighted by Crippen LogP contribution is -2.35. The molecule has 0 bridgehead atoms. The minimum Gasteiger partial charge on any atom is -0.384 e. The van der Waals surface area contributed by atoms with Crippen LogP contribution in [0.25, 0.3) is 0 Å². The van der Waals surface area contributed by atoms with E-state index in [0.717, 1.165) is 6.42 Å². The standard InChI is InChI=1S/C13H19ClN4O2/c1-3-8(2)17-12(19)4-5-16-13(20)9-6-10(14)18-11(15)7-9/h6-8H,3-5H2,1-2H3,(H2,15,18)(H,16,20)(H,17,19). The molecule has 0 saturated heterocycles. The summed E-state index contributed by atoms with van der Waals surface area (Å²) in [6.45, 7) is 4.17. The summed E-state index contributed by atoms with van der Waals surface area (Å²) in [5.74, 6) is -0.249. The van der Waals surface area contributed by atoms with Crippen molar-refractivity contribution in [2.24, 2.45) is 0 Å². The van der Waals surface area contributed by atoms with Gasteiger partial charge in [0.2, 0.25) is 5.91 Å².